The van der Waals surface area contributed by atoms with Crippen molar-refractivity contribution < 1.29 is 14.8 Å². The molecule has 18 heavy (non-hydrogen) atoms. The molecule has 0 radical (unpaired) electrons. The molecule has 1 aromatic rings. The number of non-ortho nitro benzene ring substituents is 1. The van der Waals surface area contributed by atoms with E-state index >= 15 is 0 Å². The van der Waals surface area contributed by atoms with Crippen molar-refractivity contribution in [2.75, 3.05) is 5.32 Å². The highest BCUT2D eigenvalue weighted by Crippen LogP contribution is 2.19. The summed E-state index contributed by atoms with van der Waals surface area (Å²) in [5.74, 6) is -0.723. The van der Waals surface area contributed by atoms with Gasteiger partial charge in [-0.15, -0.1) is 0 Å². The lowest BCUT2D eigenvalue weighted by Crippen LogP contribution is -2.28. The number of anilines is 1. The Morgan fingerprint density at radius 3 is 2.33 bits per heavy atom. The molecule has 1 atom stereocenters. The number of carboxylic acids is 1. The first kappa shape index (κ1) is 14.0. The largest absolute Gasteiger partial charge is 0.481 e. The third-order valence-corrected chi connectivity index (χ3v) is 2.63. The molecule has 0 fully saturated rings. The summed E-state index contributed by atoms with van der Waals surface area (Å²) in [6.45, 7) is 3.85. The molecule has 1 aromatic carbocycles. The summed E-state index contributed by atoms with van der Waals surface area (Å²) in [4.78, 5) is 20.7. The molecule has 0 saturated heterocycles. The van der Waals surface area contributed by atoms with Gasteiger partial charge in [-0.2, -0.15) is 0 Å². The van der Waals surface area contributed by atoms with Gasteiger partial charge in [-0.1, -0.05) is 13.8 Å². The first-order valence-corrected chi connectivity index (χ1v) is 5.63. The molecule has 0 saturated carbocycles. The van der Waals surface area contributed by atoms with Crippen molar-refractivity contribution >= 4 is 17.3 Å². The molecule has 0 amide bonds. The summed E-state index contributed by atoms with van der Waals surface area (Å²) < 4.78 is 0. The lowest BCUT2D eigenvalue weighted by atomic mass is 10.0. The van der Waals surface area contributed by atoms with Gasteiger partial charge in [-0.3, -0.25) is 14.9 Å². The number of carboxylic acid groups (broad SMARTS) is 1. The molecule has 6 nitrogen and oxygen atoms in total. The summed E-state index contributed by atoms with van der Waals surface area (Å²) in [6, 6.07) is 5.73. The number of aliphatic carboxylic acids is 1. The van der Waals surface area contributed by atoms with Crippen molar-refractivity contribution in [1.29, 1.82) is 0 Å². The number of rotatable bonds is 6. The molecule has 0 bridgehead atoms. The Morgan fingerprint density at radius 2 is 1.94 bits per heavy atom. The minimum Gasteiger partial charge on any atom is -0.481 e. The molecule has 1 rings (SSSR count). The van der Waals surface area contributed by atoms with E-state index in [0.717, 1.165) is 0 Å². The molecule has 98 valence electrons. The molecule has 0 spiro atoms. The third kappa shape index (κ3) is 4.04. The highest BCUT2D eigenvalue weighted by atomic mass is 16.6. The third-order valence-electron chi connectivity index (χ3n) is 2.63. The van der Waals surface area contributed by atoms with Gasteiger partial charge in [-0.05, 0) is 18.1 Å². The van der Waals surface area contributed by atoms with Crippen LogP contribution in [0.15, 0.2) is 24.3 Å². The van der Waals surface area contributed by atoms with E-state index in [-0.39, 0.29) is 24.1 Å². The Balaban J connectivity index is 2.74. The predicted molar refractivity (Wildman–Crippen MR) is 67.6 cm³/mol. The maximum atomic E-state index is 10.7. The standard InChI is InChI=1S/C12H16N2O4/c1-8(2)11(7-12(15)16)13-9-3-5-10(6-4-9)14(17)18/h3-6,8,11,13H,7H2,1-2H3,(H,15,16). The Morgan fingerprint density at radius 1 is 1.39 bits per heavy atom. The highest BCUT2D eigenvalue weighted by molar-refractivity contribution is 5.68. The van der Waals surface area contributed by atoms with Crippen LogP contribution in [0.3, 0.4) is 0 Å². The van der Waals surface area contributed by atoms with E-state index in [9.17, 15) is 14.9 Å². The molecule has 0 aliphatic heterocycles. The van der Waals surface area contributed by atoms with Gasteiger partial charge in [-0.25, -0.2) is 0 Å². The maximum absolute atomic E-state index is 10.7. The van der Waals surface area contributed by atoms with Crippen LogP contribution in [0.4, 0.5) is 11.4 Å². The van der Waals surface area contributed by atoms with E-state index in [2.05, 4.69) is 5.32 Å². The second-order valence-electron chi connectivity index (χ2n) is 4.40. The van der Waals surface area contributed by atoms with Crippen LogP contribution < -0.4 is 5.32 Å². The van der Waals surface area contributed by atoms with E-state index in [4.69, 9.17) is 5.11 Å². The van der Waals surface area contributed by atoms with Gasteiger partial charge < -0.3 is 10.4 Å². The second-order valence-corrected chi connectivity index (χ2v) is 4.40. The van der Waals surface area contributed by atoms with Crippen LogP contribution in [0.1, 0.15) is 20.3 Å². The number of nitrogens with one attached hydrogen (secondary N) is 1. The number of nitrogens with zero attached hydrogens (tertiary/aromatic N) is 1. The molecule has 0 aliphatic rings. The van der Waals surface area contributed by atoms with E-state index in [1.54, 1.807) is 12.1 Å². The minimum absolute atomic E-state index is 0.00859. The molecular weight excluding hydrogens is 236 g/mol. The van der Waals surface area contributed by atoms with Gasteiger partial charge in [0.05, 0.1) is 11.3 Å². The van der Waals surface area contributed by atoms with Crippen LogP contribution in [0.2, 0.25) is 0 Å². The van der Waals surface area contributed by atoms with E-state index in [0.29, 0.717) is 5.69 Å². The summed E-state index contributed by atoms with van der Waals surface area (Å²) in [6.07, 6.45) is 0.00859. The van der Waals surface area contributed by atoms with Gasteiger partial charge >= 0.3 is 5.97 Å². The first-order chi connectivity index (χ1) is 8.40. The summed E-state index contributed by atoms with van der Waals surface area (Å²) >= 11 is 0. The highest BCUT2D eigenvalue weighted by Gasteiger charge is 2.17. The second kappa shape index (κ2) is 6.00. The van der Waals surface area contributed by atoms with E-state index < -0.39 is 10.9 Å². The van der Waals surface area contributed by atoms with Crippen LogP contribution in [0, 0.1) is 16.0 Å². The lowest BCUT2D eigenvalue weighted by molar-refractivity contribution is -0.384. The fourth-order valence-corrected chi connectivity index (χ4v) is 1.53. The fourth-order valence-electron chi connectivity index (χ4n) is 1.53. The lowest BCUT2D eigenvalue weighted by Gasteiger charge is -2.21. The molecule has 0 aromatic heterocycles. The van der Waals surface area contributed by atoms with E-state index in [1.165, 1.54) is 12.1 Å². The van der Waals surface area contributed by atoms with Crippen LogP contribution in [0.25, 0.3) is 0 Å². The van der Waals surface area contributed by atoms with Crippen molar-refractivity contribution in [1.82, 2.24) is 0 Å². The van der Waals surface area contributed by atoms with Gasteiger partial charge in [0, 0.05) is 23.9 Å². The summed E-state index contributed by atoms with van der Waals surface area (Å²) in [5, 5.41) is 22.4. The van der Waals surface area contributed by atoms with Crippen molar-refractivity contribution in [2.45, 2.75) is 26.3 Å². The number of carbonyl (C=O) groups is 1. The normalized spacial score (nSPS) is 12.2. The monoisotopic (exact) mass is 252 g/mol. The van der Waals surface area contributed by atoms with Crippen molar-refractivity contribution in [3.8, 4) is 0 Å². The molecule has 0 heterocycles. The van der Waals surface area contributed by atoms with Gasteiger partial charge in [0.25, 0.3) is 5.69 Å². The number of hydrogen-bond donors (Lipinski definition) is 2. The van der Waals surface area contributed by atoms with Crippen LogP contribution in [-0.2, 0) is 4.79 Å². The molecular formula is C12H16N2O4. The number of nitro benzene ring substituents is 1. The zero-order valence-corrected chi connectivity index (χ0v) is 10.3. The zero-order chi connectivity index (χ0) is 13.7. The summed E-state index contributed by atoms with van der Waals surface area (Å²) in [5.41, 5.74) is 0.695. The fraction of sp³-hybridized carbons (Fsp3) is 0.417. The minimum atomic E-state index is -0.872. The van der Waals surface area contributed by atoms with Crippen molar-refractivity contribution in [2.24, 2.45) is 5.92 Å². The Bertz CT molecular complexity index is 428. The molecule has 1 unspecified atom stereocenters. The van der Waals surface area contributed by atoms with Crippen LogP contribution >= 0.6 is 0 Å². The smallest absolute Gasteiger partial charge is 0.305 e. The Hall–Kier alpha value is -2.11. The number of nitro groups is 1. The zero-order valence-electron chi connectivity index (χ0n) is 10.3. The van der Waals surface area contributed by atoms with Gasteiger partial charge in [0.1, 0.15) is 0 Å². The Kier molecular flexibility index (Phi) is 4.65. The number of hydrogen-bond acceptors (Lipinski definition) is 4. The van der Waals surface area contributed by atoms with Crippen molar-refractivity contribution in [3.05, 3.63) is 34.4 Å². The molecule has 2 N–H and O–H groups in total. The van der Waals surface area contributed by atoms with Crippen LogP contribution in [0.5, 0.6) is 0 Å². The number of benzene rings is 1. The predicted octanol–water partition coefficient (Wildman–Crippen LogP) is 2.51. The Labute approximate surface area is 105 Å². The average molecular weight is 252 g/mol. The molecule has 0 aliphatic carbocycles. The van der Waals surface area contributed by atoms with Crippen LogP contribution in [-0.4, -0.2) is 22.0 Å². The summed E-state index contributed by atoms with van der Waals surface area (Å²) in [7, 11) is 0. The SMILES string of the molecule is CC(C)C(CC(=O)O)Nc1ccc([N+](=O)[O-])cc1. The van der Waals surface area contributed by atoms with E-state index in [1.807, 2.05) is 13.8 Å². The maximum Gasteiger partial charge on any atom is 0.305 e. The van der Waals surface area contributed by atoms with Crippen molar-refractivity contribution in [3.63, 3.8) is 0 Å². The topological polar surface area (TPSA) is 92.5 Å². The first-order valence-electron chi connectivity index (χ1n) is 5.63. The quantitative estimate of drug-likeness (QED) is 0.599. The van der Waals surface area contributed by atoms with Gasteiger partial charge in [0.15, 0.2) is 0 Å². The molecule has 6 heteroatoms. The van der Waals surface area contributed by atoms with Gasteiger partial charge in [0.2, 0.25) is 0 Å². The average Bonchev–Trinajstić information content (AvgIpc) is 2.28.